The standard InChI is InChI=1S/C22H26F2N4O4/c1-22(2,3)32-21(31)26-8-4-13(5-9-26)27-10-6-14-16(27)12-15(23)19(18(14)24)28-11-7-17(29)25-20(28)30/h6,10,12-13H,4-5,7-9,11H2,1-3H3,(H,25,29,30). The summed E-state index contributed by atoms with van der Waals surface area (Å²) in [4.78, 5) is 38.3. The van der Waals surface area contributed by atoms with Crippen molar-refractivity contribution in [2.24, 2.45) is 0 Å². The van der Waals surface area contributed by atoms with Crippen LogP contribution in [0, 0.1) is 11.6 Å². The fraction of sp³-hybridized carbons (Fsp3) is 0.500. The number of ether oxygens (including phenoxy) is 1. The largest absolute Gasteiger partial charge is 0.444 e. The van der Waals surface area contributed by atoms with Crippen LogP contribution in [0.25, 0.3) is 10.9 Å². The second-order valence-electron chi connectivity index (χ2n) is 9.13. The highest BCUT2D eigenvalue weighted by atomic mass is 19.1. The third-order valence-electron chi connectivity index (χ3n) is 5.72. The van der Waals surface area contributed by atoms with E-state index in [1.54, 1.807) is 17.2 Å². The van der Waals surface area contributed by atoms with Crippen LogP contribution in [0.5, 0.6) is 0 Å². The summed E-state index contributed by atoms with van der Waals surface area (Å²) in [6.07, 6.45) is 2.54. The van der Waals surface area contributed by atoms with E-state index < -0.39 is 34.9 Å². The maximum Gasteiger partial charge on any atom is 0.410 e. The van der Waals surface area contributed by atoms with Gasteiger partial charge in [0.15, 0.2) is 11.6 Å². The number of piperidine rings is 1. The number of amides is 4. The number of nitrogens with zero attached hydrogens (tertiary/aromatic N) is 3. The van der Waals surface area contributed by atoms with Gasteiger partial charge >= 0.3 is 12.1 Å². The van der Waals surface area contributed by atoms with Crippen LogP contribution in [0.1, 0.15) is 46.1 Å². The Kier molecular flexibility index (Phi) is 5.56. The number of urea groups is 1. The molecule has 0 unspecified atom stereocenters. The maximum absolute atomic E-state index is 15.3. The quantitative estimate of drug-likeness (QED) is 0.754. The lowest BCUT2D eigenvalue weighted by molar-refractivity contribution is -0.120. The van der Waals surface area contributed by atoms with E-state index in [2.05, 4.69) is 5.32 Å². The SMILES string of the molecule is CC(C)(C)OC(=O)N1CCC(n2ccc3c(F)c(N4CCC(=O)NC4=O)c(F)cc32)CC1. The van der Waals surface area contributed by atoms with Gasteiger partial charge in [-0.1, -0.05) is 0 Å². The normalized spacial score (nSPS) is 18.3. The molecule has 4 amide bonds. The Morgan fingerprint density at radius 1 is 1.16 bits per heavy atom. The van der Waals surface area contributed by atoms with E-state index in [4.69, 9.17) is 4.74 Å². The Labute approximate surface area is 184 Å². The molecule has 1 aromatic carbocycles. The number of halogens is 2. The van der Waals surface area contributed by atoms with Gasteiger partial charge in [-0.2, -0.15) is 0 Å². The second-order valence-corrected chi connectivity index (χ2v) is 9.13. The van der Waals surface area contributed by atoms with Crippen LogP contribution in [0.15, 0.2) is 18.3 Å². The predicted molar refractivity (Wildman–Crippen MR) is 113 cm³/mol. The molecule has 0 spiro atoms. The van der Waals surface area contributed by atoms with Crippen molar-refractivity contribution in [2.45, 2.75) is 51.7 Å². The number of rotatable bonds is 2. The van der Waals surface area contributed by atoms with Crippen LogP contribution >= 0.6 is 0 Å². The average molecular weight is 448 g/mol. The molecule has 2 aromatic rings. The zero-order chi connectivity index (χ0) is 23.2. The average Bonchev–Trinajstić information content (AvgIpc) is 3.12. The van der Waals surface area contributed by atoms with E-state index in [1.807, 2.05) is 25.3 Å². The molecule has 2 saturated heterocycles. The molecule has 0 bridgehead atoms. The Morgan fingerprint density at radius 2 is 1.84 bits per heavy atom. The molecule has 8 nitrogen and oxygen atoms in total. The topological polar surface area (TPSA) is 83.9 Å². The lowest BCUT2D eigenvalue weighted by Gasteiger charge is -2.34. The van der Waals surface area contributed by atoms with Gasteiger partial charge in [-0.25, -0.2) is 18.4 Å². The van der Waals surface area contributed by atoms with Gasteiger partial charge in [0.25, 0.3) is 0 Å². The molecule has 1 aromatic heterocycles. The minimum atomic E-state index is -0.870. The number of fused-ring (bicyclic) bond motifs is 1. The number of likely N-dealkylation sites (tertiary alicyclic amines) is 1. The minimum absolute atomic E-state index is 0.0279. The Morgan fingerprint density at radius 3 is 2.47 bits per heavy atom. The van der Waals surface area contributed by atoms with Gasteiger partial charge in [0.05, 0.1) is 5.52 Å². The summed E-state index contributed by atoms with van der Waals surface area (Å²) >= 11 is 0. The first-order valence-corrected chi connectivity index (χ1v) is 10.6. The Balaban J connectivity index is 1.55. The summed E-state index contributed by atoms with van der Waals surface area (Å²) < 4.78 is 37.4. The van der Waals surface area contributed by atoms with E-state index in [0.717, 1.165) is 4.90 Å². The fourth-order valence-corrected chi connectivity index (χ4v) is 4.21. The maximum atomic E-state index is 15.3. The molecule has 3 heterocycles. The molecule has 1 N–H and O–H groups in total. The first kappa shape index (κ1) is 22.0. The number of benzene rings is 1. The number of anilines is 1. The highest BCUT2D eigenvalue weighted by Crippen LogP contribution is 2.35. The molecule has 0 aliphatic carbocycles. The third-order valence-corrected chi connectivity index (χ3v) is 5.72. The molecule has 172 valence electrons. The molecule has 10 heteroatoms. The molecule has 0 saturated carbocycles. The van der Waals surface area contributed by atoms with Crippen LogP contribution in [-0.4, -0.2) is 52.7 Å². The highest BCUT2D eigenvalue weighted by Gasteiger charge is 2.32. The van der Waals surface area contributed by atoms with Crippen molar-refractivity contribution in [2.75, 3.05) is 24.5 Å². The molecule has 0 atom stereocenters. The molecule has 2 aliphatic heterocycles. The van der Waals surface area contributed by atoms with Crippen LogP contribution in [0.3, 0.4) is 0 Å². The van der Waals surface area contributed by atoms with Gasteiger partial charge in [-0.05, 0) is 39.7 Å². The fourth-order valence-electron chi connectivity index (χ4n) is 4.21. The lowest BCUT2D eigenvalue weighted by atomic mass is 10.0. The molecule has 0 radical (unpaired) electrons. The van der Waals surface area contributed by atoms with Crippen molar-refractivity contribution in [3.05, 3.63) is 30.0 Å². The molecular formula is C22H26F2N4O4. The Hall–Kier alpha value is -3.17. The van der Waals surface area contributed by atoms with Crippen molar-refractivity contribution < 1.29 is 27.9 Å². The van der Waals surface area contributed by atoms with Crippen LogP contribution in [0.4, 0.5) is 24.1 Å². The third kappa shape index (κ3) is 4.13. The smallest absolute Gasteiger partial charge is 0.410 e. The van der Waals surface area contributed by atoms with E-state index in [9.17, 15) is 18.8 Å². The summed E-state index contributed by atoms with van der Waals surface area (Å²) in [6.45, 7) is 6.30. The van der Waals surface area contributed by atoms with Gasteiger partial charge < -0.3 is 14.2 Å². The van der Waals surface area contributed by atoms with Gasteiger partial charge in [-0.15, -0.1) is 0 Å². The van der Waals surface area contributed by atoms with Crippen LogP contribution in [-0.2, 0) is 9.53 Å². The van der Waals surface area contributed by atoms with Gasteiger partial charge in [0.1, 0.15) is 11.3 Å². The molecule has 2 aliphatic rings. The van der Waals surface area contributed by atoms with E-state index in [-0.39, 0.29) is 30.5 Å². The minimum Gasteiger partial charge on any atom is -0.444 e. The van der Waals surface area contributed by atoms with Crippen LogP contribution in [0.2, 0.25) is 0 Å². The number of carbonyl (C=O) groups is 3. The van der Waals surface area contributed by atoms with Crippen molar-refractivity contribution >= 4 is 34.6 Å². The van der Waals surface area contributed by atoms with Crippen molar-refractivity contribution in [3.8, 4) is 0 Å². The number of nitrogens with one attached hydrogen (secondary N) is 1. The summed E-state index contributed by atoms with van der Waals surface area (Å²) in [5.41, 5.74) is -0.650. The number of aromatic nitrogens is 1. The summed E-state index contributed by atoms with van der Waals surface area (Å²) in [5.74, 6) is -2.18. The van der Waals surface area contributed by atoms with E-state index in [0.29, 0.717) is 31.4 Å². The van der Waals surface area contributed by atoms with Gasteiger partial charge in [0.2, 0.25) is 5.91 Å². The molecule has 2 fully saturated rings. The summed E-state index contributed by atoms with van der Waals surface area (Å²) in [6, 6.07) is 1.90. The summed E-state index contributed by atoms with van der Waals surface area (Å²) in [5, 5.41) is 2.28. The number of hydrogen-bond acceptors (Lipinski definition) is 4. The first-order chi connectivity index (χ1) is 15.0. The zero-order valence-electron chi connectivity index (χ0n) is 18.3. The number of carbonyl (C=O) groups excluding carboxylic acids is 3. The highest BCUT2D eigenvalue weighted by molar-refractivity contribution is 6.06. The zero-order valence-corrected chi connectivity index (χ0v) is 18.3. The number of hydrogen-bond donors (Lipinski definition) is 1. The molecule has 32 heavy (non-hydrogen) atoms. The van der Waals surface area contributed by atoms with Crippen molar-refractivity contribution in [3.63, 3.8) is 0 Å². The summed E-state index contributed by atoms with van der Waals surface area (Å²) in [7, 11) is 0. The number of imide groups is 1. The van der Waals surface area contributed by atoms with Gasteiger partial charge in [-0.3, -0.25) is 15.0 Å². The Bertz CT molecular complexity index is 1080. The van der Waals surface area contributed by atoms with Crippen molar-refractivity contribution in [1.29, 1.82) is 0 Å². The van der Waals surface area contributed by atoms with Crippen LogP contribution < -0.4 is 10.2 Å². The molecular weight excluding hydrogens is 422 g/mol. The molecule has 4 rings (SSSR count). The predicted octanol–water partition coefficient (Wildman–Crippen LogP) is 3.94. The monoisotopic (exact) mass is 448 g/mol. The second kappa shape index (κ2) is 8.07. The van der Waals surface area contributed by atoms with E-state index >= 15 is 4.39 Å². The van der Waals surface area contributed by atoms with Gasteiger partial charge in [0, 0.05) is 49.7 Å². The van der Waals surface area contributed by atoms with E-state index in [1.165, 1.54) is 6.07 Å². The lowest BCUT2D eigenvalue weighted by Crippen LogP contribution is -2.50. The van der Waals surface area contributed by atoms with Crippen molar-refractivity contribution in [1.82, 2.24) is 14.8 Å². The first-order valence-electron chi connectivity index (χ1n) is 10.6.